The monoisotopic (exact) mass is 469 g/mol. The molecule has 3 N–H and O–H groups in total. The van der Waals surface area contributed by atoms with E-state index in [0.717, 1.165) is 25.7 Å². The van der Waals surface area contributed by atoms with Crippen molar-refractivity contribution in [1.29, 1.82) is 0 Å². The summed E-state index contributed by atoms with van der Waals surface area (Å²) in [7, 11) is 0. The predicted molar refractivity (Wildman–Crippen MR) is 112 cm³/mol. The highest BCUT2D eigenvalue weighted by Gasteiger charge is 2.69. The van der Waals surface area contributed by atoms with E-state index in [-0.39, 0.29) is 43.1 Å². The molecule has 4 saturated heterocycles. The van der Waals surface area contributed by atoms with E-state index in [1.807, 2.05) is 6.92 Å². The summed E-state index contributed by atoms with van der Waals surface area (Å²) in [6.07, 6.45) is 2.88. The second kappa shape index (κ2) is 9.13. The van der Waals surface area contributed by atoms with Crippen LogP contribution >= 0.6 is 0 Å². The van der Waals surface area contributed by atoms with E-state index in [2.05, 4.69) is 19.2 Å². The van der Waals surface area contributed by atoms with Crippen molar-refractivity contribution in [3.8, 4) is 0 Å². The van der Waals surface area contributed by atoms with Crippen LogP contribution in [-0.2, 0) is 33.6 Å². The van der Waals surface area contributed by atoms with E-state index < -0.39 is 41.6 Å². The SMILES string of the molecule is C[C@H]1[C@@H](CCC(=O)NC(CCC(=O)O)C(=O)O)O[C@@H]2O[C@]3(C)CC[C@H]4[C@H](C)CC[C@@H]1[C@@]24OO3. The molecule has 4 aliphatic heterocycles. The van der Waals surface area contributed by atoms with Gasteiger partial charge in [-0.1, -0.05) is 13.8 Å². The second-order valence-electron chi connectivity index (χ2n) is 10.4. The number of carbonyl (C=O) groups is 3. The Hall–Kier alpha value is -1.75. The van der Waals surface area contributed by atoms with Gasteiger partial charge >= 0.3 is 11.9 Å². The maximum atomic E-state index is 12.5. The molecule has 0 aromatic carbocycles. The molecule has 5 fully saturated rings. The van der Waals surface area contributed by atoms with Crippen LogP contribution in [0.1, 0.15) is 72.1 Å². The molecule has 1 spiro atoms. The maximum Gasteiger partial charge on any atom is 0.326 e. The average molecular weight is 470 g/mol. The minimum absolute atomic E-state index is 0.0761. The van der Waals surface area contributed by atoms with Crippen LogP contribution in [0.15, 0.2) is 0 Å². The first-order valence-corrected chi connectivity index (χ1v) is 12.0. The van der Waals surface area contributed by atoms with Crippen LogP contribution in [0.5, 0.6) is 0 Å². The first kappa shape index (κ1) is 24.4. The molecule has 186 valence electrons. The lowest BCUT2D eigenvalue weighted by Gasteiger charge is -2.60. The van der Waals surface area contributed by atoms with Crippen molar-refractivity contribution < 1.29 is 43.8 Å². The molecule has 0 aromatic rings. The number of hydrogen-bond acceptors (Lipinski definition) is 7. The van der Waals surface area contributed by atoms with E-state index in [0.29, 0.717) is 12.3 Å². The Bertz CT molecular complexity index is 790. The Morgan fingerprint density at radius 3 is 2.52 bits per heavy atom. The van der Waals surface area contributed by atoms with Crippen LogP contribution in [0.2, 0.25) is 0 Å². The average Bonchev–Trinajstić information content (AvgIpc) is 2.98. The van der Waals surface area contributed by atoms with Gasteiger partial charge in [-0.15, -0.1) is 0 Å². The van der Waals surface area contributed by atoms with Crippen molar-refractivity contribution in [3.05, 3.63) is 0 Å². The molecule has 5 rings (SSSR count). The summed E-state index contributed by atoms with van der Waals surface area (Å²) in [5.41, 5.74) is -0.656. The van der Waals surface area contributed by atoms with E-state index >= 15 is 0 Å². The molecule has 1 unspecified atom stereocenters. The van der Waals surface area contributed by atoms with E-state index in [1.54, 1.807) is 0 Å². The van der Waals surface area contributed by atoms with Gasteiger partial charge in [0.25, 0.3) is 0 Å². The first-order valence-electron chi connectivity index (χ1n) is 12.0. The third-order valence-corrected chi connectivity index (χ3v) is 8.23. The molecule has 1 aliphatic carbocycles. The van der Waals surface area contributed by atoms with Crippen LogP contribution in [0.3, 0.4) is 0 Å². The molecule has 1 amide bonds. The second-order valence-corrected chi connectivity index (χ2v) is 10.4. The van der Waals surface area contributed by atoms with Gasteiger partial charge in [-0.3, -0.25) is 9.59 Å². The van der Waals surface area contributed by atoms with Gasteiger partial charge in [-0.25, -0.2) is 14.6 Å². The number of fused-ring (bicyclic) bond motifs is 2. The summed E-state index contributed by atoms with van der Waals surface area (Å²) in [6.45, 7) is 6.23. The Kier molecular flexibility index (Phi) is 6.74. The number of nitrogens with one attached hydrogen (secondary N) is 1. The largest absolute Gasteiger partial charge is 0.481 e. The quantitative estimate of drug-likeness (QED) is 0.457. The van der Waals surface area contributed by atoms with E-state index in [4.69, 9.17) is 24.4 Å². The van der Waals surface area contributed by atoms with Gasteiger partial charge in [0.15, 0.2) is 11.9 Å². The number of carboxylic acids is 2. The van der Waals surface area contributed by atoms with Crippen LogP contribution in [0, 0.1) is 23.7 Å². The molecule has 5 aliphatic rings. The lowest BCUT2D eigenvalue weighted by molar-refractivity contribution is -0.571. The molecule has 10 heteroatoms. The molecule has 10 nitrogen and oxygen atoms in total. The molecule has 4 heterocycles. The van der Waals surface area contributed by atoms with Crippen LogP contribution in [0.4, 0.5) is 0 Å². The van der Waals surface area contributed by atoms with Gasteiger partial charge in [0.1, 0.15) is 6.04 Å². The zero-order valence-electron chi connectivity index (χ0n) is 19.5. The maximum absolute atomic E-state index is 12.5. The predicted octanol–water partition coefficient (Wildman–Crippen LogP) is 2.45. The Morgan fingerprint density at radius 2 is 1.82 bits per heavy atom. The first-order chi connectivity index (χ1) is 15.6. The van der Waals surface area contributed by atoms with Gasteiger partial charge in [0.05, 0.1) is 6.10 Å². The minimum Gasteiger partial charge on any atom is -0.481 e. The zero-order chi connectivity index (χ0) is 24.0. The number of amides is 1. The normalized spacial score (nSPS) is 42.6. The highest BCUT2D eigenvalue weighted by Crippen LogP contribution is 2.60. The van der Waals surface area contributed by atoms with Crippen LogP contribution in [0.25, 0.3) is 0 Å². The lowest BCUT2D eigenvalue weighted by Crippen LogP contribution is -2.70. The van der Waals surface area contributed by atoms with Gasteiger partial charge < -0.3 is 25.0 Å². The third kappa shape index (κ3) is 4.50. The van der Waals surface area contributed by atoms with Crippen molar-refractivity contribution in [1.82, 2.24) is 5.32 Å². The Balaban J connectivity index is 1.43. The van der Waals surface area contributed by atoms with Crippen molar-refractivity contribution in [2.24, 2.45) is 23.7 Å². The summed E-state index contributed by atoms with van der Waals surface area (Å²) in [4.78, 5) is 46.5. The van der Waals surface area contributed by atoms with Gasteiger partial charge in [-0.05, 0) is 56.8 Å². The standard InChI is InChI=1S/C23H35NO9/c1-12-4-5-15-13(2)17(7-8-18(25)24-16(20(28)29)6-9-19(26)27)30-21-23(15)14(12)10-11-22(3,31-21)32-33-23/h12-17,21H,4-11H2,1-3H3,(H,24,25)(H,26,27)(H,28,29)/t12-,13-,14+,15+,16?,17-,21-,22+,23-/m1/s1. The molecule has 33 heavy (non-hydrogen) atoms. The topological polar surface area (TPSA) is 141 Å². The molecule has 9 atom stereocenters. The molecule has 0 radical (unpaired) electrons. The van der Waals surface area contributed by atoms with Crippen molar-refractivity contribution in [3.63, 3.8) is 0 Å². The molecular weight excluding hydrogens is 434 g/mol. The van der Waals surface area contributed by atoms with Crippen molar-refractivity contribution in [2.45, 2.75) is 102 Å². The van der Waals surface area contributed by atoms with Crippen molar-refractivity contribution in [2.75, 3.05) is 0 Å². The number of carboxylic acid groups (broad SMARTS) is 2. The fourth-order valence-corrected chi connectivity index (χ4v) is 6.37. The fourth-order valence-electron chi connectivity index (χ4n) is 6.37. The summed E-state index contributed by atoms with van der Waals surface area (Å²) < 4.78 is 12.7. The fraction of sp³-hybridized carbons (Fsp3) is 0.870. The third-order valence-electron chi connectivity index (χ3n) is 8.23. The van der Waals surface area contributed by atoms with Crippen LogP contribution in [-0.4, -0.2) is 57.9 Å². The zero-order valence-corrected chi connectivity index (χ0v) is 19.5. The summed E-state index contributed by atoms with van der Waals surface area (Å²) in [5, 5.41) is 20.5. The highest BCUT2D eigenvalue weighted by molar-refractivity contribution is 5.83. The van der Waals surface area contributed by atoms with Gasteiger partial charge in [0, 0.05) is 25.2 Å². The number of rotatable bonds is 8. The highest BCUT2D eigenvalue weighted by atomic mass is 17.3. The number of aliphatic carboxylic acids is 2. The van der Waals surface area contributed by atoms with E-state index in [1.165, 1.54) is 0 Å². The molecule has 2 bridgehead atoms. The Morgan fingerprint density at radius 1 is 1.06 bits per heavy atom. The summed E-state index contributed by atoms with van der Waals surface area (Å²) in [5.74, 6) is -2.66. The lowest BCUT2D eigenvalue weighted by atomic mass is 9.57. The van der Waals surface area contributed by atoms with E-state index in [9.17, 15) is 19.5 Å². The van der Waals surface area contributed by atoms with Crippen LogP contribution < -0.4 is 5.32 Å². The molecule has 0 aromatic heterocycles. The Labute approximate surface area is 193 Å². The number of ether oxygens (including phenoxy) is 2. The van der Waals surface area contributed by atoms with Crippen molar-refractivity contribution >= 4 is 17.8 Å². The molecular formula is C23H35NO9. The summed E-state index contributed by atoms with van der Waals surface area (Å²) >= 11 is 0. The van der Waals surface area contributed by atoms with Gasteiger partial charge in [0.2, 0.25) is 11.7 Å². The minimum atomic E-state index is -1.25. The smallest absolute Gasteiger partial charge is 0.326 e. The number of carbonyl (C=O) groups excluding carboxylic acids is 1. The molecule has 1 saturated carbocycles. The summed E-state index contributed by atoms with van der Waals surface area (Å²) in [6, 6.07) is -1.23. The number of hydrogen-bond donors (Lipinski definition) is 3. The van der Waals surface area contributed by atoms with Gasteiger partial charge in [-0.2, -0.15) is 0 Å².